The molecule has 0 fully saturated rings. The number of nitrogens with two attached hydrogens (primary N) is 1. The highest BCUT2D eigenvalue weighted by Crippen LogP contribution is 2.24. The minimum atomic E-state index is 0.0698. The molecule has 1 unspecified atom stereocenters. The Kier molecular flexibility index (Phi) is 4.06. The Hall–Kier alpha value is -1.60. The lowest BCUT2D eigenvalue weighted by Gasteiger charge is -2.18. The Balaban J connectivity index is 2.28. The Labute approximate surface area is 116 Å². The third-order valence-electron chi connectivity index (χ3n) is 3.98. The molecule has 0 saturated heterocycles. The zero-order chi connectivity index (χ0) is 14.0. The van der Waals surface area contributed by atoms with Crippen LogP contribution in [0.2, 0.25) is 0 Å². The molecule has 2 aromatic rings. The highest BCUT2D eigenvalue weighted by atomic mass is 14.6. The van der Waals surface area contributed by atoms with E-state index in [1.807, 2.05) is 0 Å². The molecule has 19 heavy (non-hydrogen) atoms. The minimum absolute atomic E-state index is 0.0698. The van der Waals surface area contributed by atoms with Crippen molar-refractivity contribution < 1.29 is 0 Å². The quantitative estimate of drug-likeness (QED) is 0.873. The standard InChI is InChI=1S/C18H23N/c1-12-7-5-6-8-16(12)11-18(19)17-10-14(3)13(2)9-15(17)4/h5-10,18H,11,19H2,1-4H3. The van der Waals surface area contributed by atoms with E-state index in [0.717, 1.165) is 6.42 Å². The highest BCUT2D eigenvalue weighted by molar-refractivity contribution is 5.39. The molecular weight excluding hydrogens is 230 g/mol. The average molecular weight is 253 g/mol. The van der Waals surface area contributed by atoms with E-state index in [1.165, 1.54) is 33.4 Å². The second kappa shape index (κ2) is 5.58. The van der Waals surface area contributed by atoms with Gasteiger partial charge in [0.15, 0.2) is 0 Å². The third kappa shape index (κ3) is 3.05. The van der Waals surface area contributed by atoms with Crippen LogP contribution in [0.25, 0.3) is 0 Å². The molecule has 0 heterocycles. The fraction of sp³-hybridized carbons (Fsp3) is 0.333. The van der Waals surface area contributed by atoms with E-state index in [4.69, 9.17) is 5.73 Å². The zero-order valence-corrected chi connectivity index (χ0v) is 12.3. The Morgan fingerprint density at radius 3 is 2.16 bits per heavy atom. The number of benzene rings is 2. The van der Waals surface area contributed by atoms with E-state index >= 15 is 0 Å². The van der Waals surface area contributed by atoms with Gasteiger partial charge in [0.2, 0.25) is 0 Å². The molecule has 0 aliphatic carbocycles. The molecule has 0 spiro atoms. The minimum Gasteiger partial charge on any atom is -0.324 e. The third-order valence-corrected chi connectivity index (χ3v) is 3.98. The van der Waals surface area contributed by atoms with E-state index < -0.39 is 0 Å². The lowest BCUT2D eigenvalue weighted by Crippen LogP contribution is -2.15. The zero-order valence-electron chi connectivity index (χ0n) is 12.3. The van der Waals surface area contributed by atoms with Crippen LogP contribution in [0.3, 0.4) is 0 Å². The van der Waals surface area contributed by atoms with Crippen molar-refractivity contribution in [2.24, 2.45) is 5.73 Å². The molecule has 0 radical (unpaired) electrons. The molecule has 2 aromatic carbocycles. The van der Waals surface area contributed by atoms with Gasteiger partial charge in [-0.1, -0.05) is 36.4 Å². The molecule has 2 N–H and O–H groups in total. The van der Waals surface area contributed by atoms with Crippen LogP contribution in [0.15, 0.2) is 36.4 Å². The Morgan fingerprint density at radius 1 is 0.842 bits per heavy atom. The number of aryl methyl sites for hydroxylation is 4. The number of hydrogen-bond donors (Lipinski definition) is 1. The van der Waals surface area contributed by atoms with Gasteiger partial charge in [-0.3, -0.25) is 0 Å². The second-order valence-corrected chi connectivity index (χ2v) is 5.53. The van der Waals surface area contributed by atoms with E-state index in [0.29, 0.717) is 0 Å². The van der Waals surface area contributed by atoms with Gasteiger partial charge in [0.25, 0.3) is 0 Å². The van der Waals surface area contributed by atoms with Gasteiger partial charge in [-0.25, -0.2) is 0 Å². The Morgan fingerprint density at radius 2 is 1.47 bits per heavy atom. The first kappa shape index (κ1) is 13.8. The maximum absolute atomic E-state index is 6.42. The molecule has 1 heteroatoms. The first-order valence-corrected chi connectivity index (χ1v) is 6.87. The van der Waals surface area contributed by atoms with Gasteiger partial charge in [-0.05, 0) is 67.5 Å². The van der Waals surface area contributed by atoms with Crippen molar-refractivity contribution >= 4 is 0 Å². The summed E-state index contributed by atoms with van der Waals surface area (Å²) in [4.78, 5) is 0. The summed E-state index contributed by atoms with van der Waals surface area (Å²) in [6, 6.07) is 13.0. The first-order chi connectivity index (χ1) is 8.99. The topological polar surface area (TPSA) is 26.0 Å². The van der Waals surface area contributed by atoms with Crippen LogP contribution in [-0.2, 0) is 6.42 Å². The van der Waals surface area contributed by atoms with Crippen molar-refractivity contribution in [3.05, 3.63) is 69.8 Å². The van der Waals surface area contributed by atoms with Gasteiger partial charge < -0.3 is 5.73 Å². The summed E-state index contributed by atoms with van der Waals surface area (Å²) in [5.41, 5.74) is 14.3. The molecule has 0 aliphatic rings. The van der Waals surface area contributed by atoms with Gasteiger partial charge in [-0.2, -0.15) is 0 Å². The monoisotopic (exact) mass is 253 g/mol. The van der Waals surface area contributed by atoms with Crippen molar-refractivity contribution in [3.63, 3.8) is 0 Å². The SMILES string of the molecule is Cc1cc(C)c(C(N)Cc2ccccc2C)cc1C. The van der Waals surface area contributed by atoms with Crippen molar-refractivity contribution in [1.29, 1.82) is 0 Å². The predicted molar refractivity (Wildman–Crippen MR) is 82.5 cm³/mol. The summed E-state index contributed by atoms with van der Waals surface area (Å²) >= 11 is 0. The fourth-order valence-electron chi connectivity index (χ4n) is 2.57. The molecule has 0 aromatic heterocycles. The molecule has 100 valence electrons. The van der Waals surface area contributed by atoms with Crippen molar-refractivity contribution in [3.8, 4) is 0 Å². The summed E-state index contributed by atoms with van der Waals surface area (Å²) in [6.45, 7) is 8.60. The number of rotatable bonds is 3. The van der Waals surface area contributed by atoms with Crippen molar-refractivity contribution in [1.82, 2.24) is 0 Å². The van der Waals surface area contributed by atoms with Crippen molar-refractivity contribution in [2.45, 2.75) is 40.2 Å². The van der Waals surface area contributed by atoms with Gasteiger partial charge in [0.1, 0.15) is 0 Å². The average Bonchev–Trinajstić information content (AvgIpc) is 2.36. The van der Waals surface area contributed by atoms with Crippen LogP contribution < -0.4 is 5.73 Å². The maximum Gasteiger partial charge on any atom is 0.0338 e. The van der Waals surface area contributed by atoms with Crippen LogP contribution in [0.1, 0.15) is 39.4 Å². The molecule has 1 nitrogen and oxygen atoms in total. The van der Waals surface area contributed by atoms with Crippen LogP contribution in [-0.4, -0.2) is 0 Å². The summed E-state index contributed by atoms with van der Waals surface area (Å²) in [5.74, 6) is 0. The summed E-state index contributed by atoms with van der Waals surface area (Å²) in [5, 5.41) is 0. The van der Waals surface area contributed by atoms with Gasteiger partial charge in [0.05, 0.1) is 0 Å². The lowest BCUT2D eigenvalue weighted by atomic mass is 9.91. The van der Waals surface area contributed by atoms with Crippen LogP contribution in [0.5, 0.6) is 0 Å². The van der Waals surface area contributed by atoms with Gasteiger partial charge >= 0.3 is 0 Å². The van der Waals surface area contributed by atoms with E-state index in [2.05, 4.69) is 64.1 Å². The molecule has 0 amide bonds. The summed E-state index contributed by atoms with van der Waals surface area (Å²) in [7, 11) is 0. The van der Waals surface area contributed by atoms with Crippen LogP contribution in [0, 0.1) is 27.7 Å². The first-order valence-electron chi connectivity index (χ1n) is 6.87. The second-order valence-electron chi connectivity index (χ2n) is 5.53. The maximum atomic E-state index is 6.42. The lowest BCUT2D eigenvalue weighted by molar-refractivity contribution is 0.712. The van der Waals surface area contributed by atoms with E-state index in [-0.39, 0.29) is 6.04 Å². The molecule has 0 bridgehead atoms. The highest BCUT2D eigenvalue weighted by Gasteiger charge is 2.12. The molecule has 2 rings (SSSR count). The fourth-order valence-corrected chi connectivity index (χ4v) is 2.57. The van der Waals surface area contributed by atoms with Gasteiger partial charge in [-0.15, -0.1) is 0 Å². The molecule has 0 saturated carbocycles. The number of hydrogen-bond acceptors (Lipinski definition) is 1. The molecule has 1 atom stereocenters. The molecular formula is C18H23N. The van der Waals surface area contributed by atoms with Gasteiger partial charge in [0, 0.05) is 6.04 Å². The van der Waals surface area contributed by atoms with Crippen molar-refractivity contribution in [2.75, 3.05) is 0 Å². The largest absolute Gasteiger partial charge is 0.324 e. The Bertz CT molecular complexity index is 584. The van der Waals surface area contributed by atoms with Crippen LogP contribution >= 0.6 is 0 Å². The smallest absolute Gasteiger partial charge is 0.0338 e. The summed E-state index contributed by atoms with van der Waals surface area (Å²) < 4.78 is 0. The van der Waals surface area contributed by atoms with Crippen LogP contribution in [0.4, 0.5) is 0 Å². The van der Waals surface area contributed by atoms with E-state index in [9.17, 15) is 0 Å². The van der Waals surface area contributed by atoms with E-state index in [1.54, 1.807) is 0 Å². The predicted octanol–water partition coefficient (Wildman–Crippen LogP) is 4.16. The summed E-state index contributed by atoms with van der Waals surface area (Å²) in [6.07, 6.45) is 0.899. The molecule has 0 aliphatic heterocycles. The normalized spacial score (nSPS) is 12.5.